The lowest BCUT2D eigenvalue weighted by molar-refractivity contribution is 0.0724. The average Bonchev–Trinajstić information content (AvgIpc) is 3.55. The second-order valence-corrected chi connectivity index (χ2v) is 12.3. The van der Waals surface area contributed by atoms with E-state index in [1.807, 2.05) is 29.2 Å². The van der Waals surface area contributed by atoms with Crippen molar-refractivity contribution in [3.63, 3.8) is 0 Å². The summed E-state index contributed by atoms with van der Waals surface area (Å²) in [6, 6.07) is 12.2. The fourth-order valence-electron chi connectivity index (χ4n) is 5.81. The lowest BCUT2D eigenvalue weighted by atomic mass is 9.84. The normalized spacial score (nSPS) is 18.8. The van der Waals surface area contributed by atoms with Crippen LogP contribution in [0.1, 0.15) is 59.2 Å². The highest BCUT2D eigenvalue weighted by molar-refractivity contribution is 7.14. The van der Waals surface area contributed by atoms with E-state index in [0.29, 0.717) is 19.1 Å². The van der Waals surface area contributed by atoms with Gasteiger partial charge >= 0.3 is 0 Å². The van der Waals surface area contributed by atoms with Gasteiger partial charge in [-0.2, -0.15) is 0 Å². The molecule has 2 aliphatic heterocycles. The monoisotopic (exact) mass is 531 g/mol. The molecule has 1 amide bonds. The number of aliphatic hydroxyl groups is 1. The van der Waals surface area contributed by atoms with Crippen molar-refractivity contribution in [2.75, 3.05) is 37.7 Å². The first-order valence-corrected chi connectivity index (χ1v) is 14.8. The molecule has 0 spiro atoms. The molecule has 200 valence electrons. The molecule has 7 heteroatoms. The summed E-state index contributed by atoms with van der Waals surface area (Å²) in [5.41, 5.74) is 6.21. The highest BCUT2D eigenvalue weighted by atomic mass is 32.1. The third kappa shape index (κ3) is 4.94. The van der Waals surface area contributed by atoms with Crippen molar-refractivity contribution in [2.45, 2.75) is 52.6 Å². The lowest BCUT2D eigenvalue weighted by Gasteiger charge is -2.43. The number of aryl methyl sites for hydroxylation is 2. The molecule has 1 N–H and O–H groups in total. The second-order valence-electron chi connectivity index (χ2n) is 11.4. The average molecular weight is 532 g/mol. The van der Waals surface area contributed by atoms with Gasteiger partial charge in [0.2, 0.25) is 0 Å². The number of aromatic nitrogens is 1. The molecule has 2 aromatic carbocycles. The smallest absolute Gasteiger partial charge is 0.253 e. The maximum atomic E-state index is 12.9. The minimum Gasteiger partial charge on any atom is -0.488 e. The zero-order chi connectivity index (χ0) is 26.3. The molecule has 3 fully saturated rings. The number of amides is 1. The number of nitrogens with zero attached hydrogens (tertiary/aromatic N) is 3. The van der Waals surface area contributed by atoms with E-state index in [2.05, 4.69) is 36.3 Å². The van der Waals surface area contributed by atoms with Crippen LogP contribution in [-0.2, 0) is 6.61 Å². The van der Waals surface area contributed by atoms with Crippen molar-refractivity contribution in [3.05, 3.63) is 64.0 Å². The number of anilines is 1. The Morgan fingerprint density at radius 2 is 1.89 bits per heavy atom. The van der Waals surface area contributed by atoms with Crippen LogP contribution in [0, 0.1) is 25.2 Å². The highest BCUT2D eigenvalue weighted by Crippen LogP contribution is 2.55. The molecule has 0 atom stereocenters. The Morgan fingerprint density at radius 3 is 2.61 bits per heavy atom. The number of likely N-dealkylation sites (tertiary alicyclic amines) is 1. The van der Waals surface area contributed by atoms with Gasteiger partial charge in [-0.3, -0.25) is 4.79 Å². The van der Waals surface area contributed by atoms with Gasteiger partial charge in [0.25, 0.3) is 5.91 Å². The molecule has 2 saturated heterocycles. The summed E-state index contributed by atoms with van der Waals surface area (Å²) in [5.74, 6) is 1.54. The molecule has 6 nitrogen and oxygen atoms in total. The van der Waals surface area contributed by atoms with Crippen LogP contribution in [-0.4, -0.2) is 53.7 Å². The first-order chi connectivity index (χ1) is 18.5. The highest BCUT2D eigenvalue weighted by Gasteiger charge is 2.53. The van der Waals surface area contributed by atoms with Crippen LogP contribution in [0.15, 0.2) is 41.8 Å². The predicted molar refractivity (Wildman–Crippen MR) is 152 cm³/mol. The number of hydrogen-bond donors (Lipinski definition) is 1. The molecule has 1 saturated carbocycles. The SMILES string of the molecule is Cc1ccc(OCc2ccc(C(=O)N3CCCCC3)cc2C)c(-c2csc(N3CC(C4(CO)CC4)C3)n2)c1. The first-order valence-electron chi connectivity index (χ1n) is 13.9. The van der Waals surface area contributed by atoms with Gasteiger partial charge in [0.15, 0.2) is 5.13 Å². The Hall–Kier alpha value is -2.90. The molecule has 3 heterocycles. The Kier molecular flexibility index (Phi) is 6.91. The van der Waals surface area contributed by atoms with Crippen molar-refractivity contribution in [1.29, 1.82) is 0 Å². The minimum atomic E-state index is 0.137. The van der Waals surface area contributed by atoms with E-state index in [9.17, 15) is 9.90 Å². The lowest BCUT2D eigenvalue weighted by Crippen LogP contribution is -2.51. The van der Waals surface area contributed by atoms with E-state index in [-0.39, 0.29) is 11.3 Å². The van der Waals surface area contributed by atoms with Crippen LogP contribution in [0.3, 0.4) is 0 Å². The van der Waals surface area contributed by atoms with Crippen molar-refractivity contribution in [1.82, 2.24) is 9.88 Å². The van der Waals surface area contributed by atoms with Crippen molar-refractivity contribution in [2.24, 2.45) is 11.3 Å². The topological polar surface area (TPSA) is 65.9 Å². The fraction of sp³-hybridized carbons (Fsp3) is 0.484. The van der Waals surface area contributed by atoms with Gasteiger partial charge in [0.05, 0.1) is 5.69 Å². The molecule has 3 aromatic rings. The number of benzene rings is 2. The number of carbonyl (C=O) groups excluding carboxylic acids is 1. The second kappa shape index (κ2) is 10.3. The number of thiazole rings is 1. The van der Waals surface area contributed by atoms with E-state index in [1.165, 1.54) is 12.0 Å². The van der Waals surface area contributed by atoms with Crippen LogP contribution >= 0.6 is 11.3 Å². The summed E-state index contributed by atoms with van der Waals surface area (Å²) in [4.78, 5) is 22.2. The van der Waals surface area contributed by atoms with Gasteiger partial charge in [-0.1, -0.05) is 17.7 Å². The largest absolute Gasteiger partial charge is 0.488 e. The van der Waals surface area contributed by atoms with Gasteiger partial charge in [-0.05, 0) is 86.8 Å². The molecule has 0 unspecified atom stereocenters. The molecule has 0 bridgehead atoms. The van der Waals surface area contributed by atoms with Crippen LogP contribution in [0.25, 0.3) is 11.3 Å². The molecule has 1 aromatic heterocycles. The fourth-order valence-corrected chi connectivity index (χ4v) is 6.65. The summed E-state index contributed by atoms with van der Waals surface area (Å²) < 4.78 is 6.35. The molecular formula is C31H37N3O3S. The van der Waals surface area contributed by atoms with Gasteiger partial charge in [-0.15, -0.1) is 11.3 Å². The molecule has 3 aliphatic rings. The molecule has 0 radical (unpaired) electrons. The standard InChI is InChI=1S/C31H37N3O3S/c1-21-6-9-28(37-18-24-8-7-23(15-22(24)2)29(36)33-12-4-3-5-13-33)26(14-21)27-19-38-30(32-27)34-16-25(17-34)31(20-35)10-11-31/h6-9,14-15,19,25,35H,3-5,10-13,16-18,20H2,1-2H3. The maximum Gasteiger partial charge on any atom is 0.253 e. The summed E-state index contributed by atoms with van der Waals surface area (Å²) in [5, 5.41) is 12.9. The summed E-state index contributed by atoms with van der Waals surface area (Å²) >= 11 is 1.68. The van der Waals surface area contributed by atoms with Crippen LogP contribution < -0.4 is 9.64 Å². The van der Waals surface area contributed by atoms with Crippen molar-refractivity contribution in [3.8, 4) is 17.0 Å². The Labute approximate surface area is 229 Å². The third-order valence-corrected chi connectivity index (χ3v) is 9.65. The number of rotatable bonds is 8. The van der Waals surface area contributed by atoms with Gasteiger partial charge in [0.1, 0.15) is 12.4 Å². The number of piperidine rings is 1. The number of carbonyl (C=O) groups is 1. The molecule has 6 rings (SSSR count). The molecule has 1 aliphatic carbocycles. The van der Waals surface area contributed by atoms with E-state index >= 15 is 0 Å². The van der Waals surface area contributed by atoms with Crippen molar-refractivity contribution >= 4 is 22.4 Å². The third-order valence-electron chi connectivity index (χ3n) is 8.74. The van der Waals surface area contributed by atoms with E-state index in [1.54, 1.807) is 11.3 Å². The maximum absolute atomic E-state index is 12.9. The zero-order valence-corrected chi connectivity index (χ0v) is 23.2. The number of aliphatic hydroxyl groups excluding tert-OH is 1. The quantitative estimate of drug-likeness (QED) is 0.396. The summed E-state index contributed by atoms with van der Waals surface area (Å²) in [6.07, 6.45) is 5.72. The van der Waals surface area contributed by atoms with Gasteiger partial charge in [-0.25, -0.2) is 4.98 Å². The minimum absolute atomic E-state index is 0.137. The first kappa shape index (κ1) is 25.4. The van der Waals surface area contributed by atoms with Gasteiger partial charge in [0, 0.05) is 55.2 Å². The van der Waals surface area contributed by atoms with E-state index in [4.69, 9.17) is 9.72 Å². The van der Waals surface area contributed by atoms with E-state index < -0.39 is 0 Å². The van der Waals surface area contributed by atoms with Crippen LogP contribution in [0.4, 0.5) is 5.13 Å². The Bertz CT molecular complexity index is 1320. The molecule has 38 heavy (non-hydrogen) atoms. The van der Waals surface area contributed by atoms with Crippen LogP contribution in [0.5, 0.6) is 5.75 Å². The van der Waals surface area contributed by atoms with Crippen LogP contribution in [0.2, 0.25) is 0 Å². The van der Waals surface area contributed by atoms with E-state index in [0.717, 1.165) is 90.7 Å². The summed E-state index contributed by atoms with van der Waals surface area (Å²) in [7, 11) is 0. The predicted octanol–water partition coefficient (Wildman–Crippen LogP) is 5.84. The van der Waals surface area contributed by atoms with Crippen molar-refractivity contribution < 1.29 is 14.6 Å². The van der Waals surface area contributed by atoms with Gasteiger partial charge < -0.3 is 19.6 Å². The zero-order valence-electron chi connectivity index (χ0n) is 22.4. The number of ether oxygens (including phenoxy) is 1. The summed E-state index contributed by atoms with van der Waals surface area (Å²) in [6.45, 7) is 8.59. The number of hydrogen-bond acceptors (Lipinski definition) is 6. The molecular weight excluding hydrogens is 494 g/mol. The Balaban J connectivity index is 1.13. The Morgan fingerprint density at radius 1 is 1.11 bits per heavy atom.